The summed E-state index contributed by atoms with van der Waals surface area (Å²) >= 11 is 0. The fourth-order valence-electron chi connectivity index (χ4n) is 10.9. The van der Waals surface area contributed by atoms with Crippen molar-refractivity contribution in [2.75, 3.05) is 0 Å². The highest BCUT2D eigenvalue weighted by Gasteiger charge is 2.52. The zero-order valence-electron chi connectivity index (χ0n) is 40.3. The van der Waals surface area contributed by atoms with E-state index in [1.807, 2.05) is 0 Å². The van der Waals surface area contributed by atoms with Crippen molar-refractivity contribution in [1.82, 2.24) is 15.2 Å². The quantitative estimate of drug-likeness (QED) is 0.139. The van der Waals surface area contributed by atoms with E-state index in [1.165, 1.54) is 33.4 Å². The van der Waals surface area contributed by atoms with Crippen molar-refractivity contribution in [2.24, 2.45) is 0 Å². The Hall–Kier alpha value is -2.27. The second-order valence-corrected chi connectivity index (χ2v) is 23.1. The predicted octanol–water partition coefficient (Wildman–Crippen LogP) is 12.6. The molecule has 0 aromatic heterocycles. The van der Waals surface area contributed by atoms with Gasteiger partial charge in [0.1, 0.15) is 0 Å². The number of hydrogen-bond donors (Lipinski definition) is 0. The lowest BCUT2D eigenvalue weighted by molar-refractivity contribution is -0.302. The van der Waals surface area contributed by atoms with Crippen LogP contribution in [0.15, 0.2) is 72.8 Å². The number of aryl methyl sites for hydroxylation is 3. The van der Waals surface area contributed by atoms with Crippen LogP contribution in [0.4, 0.5) is 0 Å². The lowest BCUT2D eigenvalue weighted by atomic mass is 9.80. The van der Waals surface area contributed by atoms with Crippen molar-refractivity contribution in [3.8, 4) is 0 Å². The van der Waals surface area contributed by atoms with E-state index in [4.69, 9.17) is 28.1 Å². The van der Waals surface area contributed by atoms with Gasteiger partial charge in [0.2, 0.25) is 0 Å². The van der Waals surface area contributed by atoms with Crippen LogP contribution in [-0.4, -0.2) is 66.7 Å². The summed E-state index contributed by atoms with van der Waals surface area (Å²) in [4.78, 5) is 20.1. The van der Waals surface area contributed by atoms with E-state index in [1.54, 1.807) is 0 Å². The van der Waals surface area contributed by atoms with Gasteiger partial charge in [-0.1, -0.05) is 72.8 Å². The third-order valence-corrected chi connectivity index (χ3v) is 14.6. The molecule has 3 aromatic carbocycles. The van der Waals surface area contributed by atoms with Crippen molar-refractivity contribution in [2.45, 2.75) is 214 Å². The Morgan fingerprint density at radius 1 is 0.393 bits per heavy atom. The smallest absolute Gasteiger partial charge is 0.309 e. The Kier molecular flexibility index (Phi) is 14.8. The van der Waals surface area contributed by atoms with Crippen LogP contribution in [0.5, 0.6) is 0 Å². The molecule has 3 aromatic rings. The van der Waals surface area contributed by atoms with Gasteiger partial charge in [-0.15, -0.1) is 0 Å². The molecule has 10 heteroatoms. The summed E-state index contributed by atoms with van der Waals surface area (Å²) in [5.74, 6) is 0. The molecule has 3 heterocycles. The fraction of sp³-hybridized carbons (Fsp3) is 0.647. The Labute approximate surface area is 370 Å². The molecule has 0 aliphatic carbocycles. The molecule has 0 spiro atoms. The Balaban J connectivity index is 1.20. The third kappa shape index (κ3) is 11.7. The van der Waals surface area contributed by atoms with Gasteiger partial charge in [-0.2, -0.15) is 15.2 Å². The van der Waals surface area contributed by atoms with Gasteiger partial charge in [-0.05, 0) is 176 Å². The molecule has 61 heavy (non-hydrogen) atoms. The number of hydrogen-bond acceptors (Lipinski definition) is 9. The topological polar surface area (TPSA) is 65.1 Å². The molecule has 338 valence electrons. The van der Waals surface area contributed by atoms with Crippen molar-refractivity contribution in [1.29, 1.82) is 0 Å². The molecule has 3 aliphatic heterocycles. The molecule has 0 atom stereocenters. The minimum absolute atomic E-state index is 0.0912. The van der Waals surface area contributed by atoms with E-state index in [-0.39, 0.29) is 51.5 Å². The van der Waals surface area contributed by atoms with E-state index in [0.29, 0.717) is 19.8 Å². The molecule has 6 rings (SSSR count). The normalized spacial score (nSPS) is 23.4. The zero-order valence-corrected chi connectivity index (χ0v) is 41.2. The summed E-state index contributed by atoms with van der Waals surface area (Å²) in [7, 11) is -1.74. The minimum atomic E-state index is -1.74. The van der Waals surface area contributed by atoms with Crippen LogP contribution >= 0.6 is 8.60 Å². The monoisotopic (exact) mass is 860 g/mol. The van der Waals surface area contributed by atoms with Crippen LogP contribution in [0.3, 0.4) is 0 Å². The van der Waals surface area contributed by atoms with E-state index >= 15 is 0 Å². The Morgan fingerprint density at radius 2 is 0.607 bits per heavy atom. The van der Waals surface area contributed by atoms with E-state index < -0.39 is 8.60 Å². The Bertz CT molecular complexity index is 1660. The summed E-state index contributed by atoms with van der Waals surface area (Å²) in [6, 6.07) is 25.4. The van der Waals surface area contributed by atoms with Gasteiger partial charge in [0.15, 0.2) is 0 Å². The fourth-order valence-corrected chi connectivity index (χ4v) is 12.3. The average molecular weight is 860 g/mol. The number of rotatable bonds is 15. The highest BCUT2D eigenvalue weighted by molar-refractivity contribution is 7.41. The van der Waals surface area contributed by atoms with Gasteiger partial charge < -0.3 is 13.6 Å². The first-order valence-electron chi connectivity index (χ1n) is 22.6. The predicted molar refractivity (Wildman–Crippen MR) is 247 cm³/mol. The first kappa shape index (κ1) is 48.2. The van der Waals surface area contributed by atoms with Gasteiger partial charge in [0.25, 0.3) is 0 Å². The lowest BCUT2D eigenvalue weighted by Crippen LogP contribution is -2.62. The van der Waals surface area contributed by atoms with Crippen LogP contribution < -0.4 is 0 Å². The average Bonchev–Trinajstić information content (AvgIpc) is 3.11. The van der Waals surface area contributed by atoms with Crippen molar-refractivity contribution in [3.05, 3.63) is 106 Å². The molecule has 0 unspecified atom stereocenters. The molecular formula is C51H78N3O6P. The van der Waals surface area contributed by atoms with E-state index in [2.05, 4.69) is 192 Å². The summed E-state index contributed by atoms with van der Waals surface area (Å²) in [6.45, 7) is 35.2. The SMILES string of the molecule is Cc1ccccc1CON1C(C)(C)CC(OP(OC2CC(C)(C)N(OCc3ccccc3C)C(C)(C)C2)OC2CC(C)(C)N(OCc3ccccc3C)C(C)(C)C2)CC1(C)C. The molecule has 0 bridgehead atoms. The summed E-state index contributed by atoms with van der Waals surface area (Å²) in [6.07, 6.45) is 4.39. The summed E-state index contributed by atoms with van der Waals surface area (Å²) in [5.41, 5.74) is 5.51. The Morgan fingerprint density at radius 3 is 0.820 bits per heavy atom. The van der Waals surface area contributed by atoms with Crippen LogP contribution in [0, 0.1) is 20.8 Å². The maximum absolute atomic E-state index is 7.21. The van der Waals surface area contributed by atoms with Crippen LogP contribution in [-0.2, 0) is 47.9 Å². The maximum Gasteiger partial charge on any atom is 0.333 e. The van der Waals surface area contributed by atoms with Crippen molar-refractivity contribution >= 4 is 8.60 Å². The van der Waals surface area contributed by atoms with E-state index in [0.717, 1.165) is 38.5 Å². The molecule has 0 saturated carbocycles. The van der Waals surface area contributed by atoms with Gasteiger partial charge in [-0.3, -0.25) is 14.5 Å². The first-order valence-corrected chi connectivity index (χ1v) is 23.7. The molecule has 9 nitrogen and oxygen atoms in total. The molecular weight excluding hydrogens is 782 g/mol. The van der Waals surface area contributed by atoms with Crippen LogP contribution in [0.2, 0.25) is 0 Å². The largest absolute Gasteiger partial charge is 0.333 e. The lowest BCUT2D eigenvalue weighted by Gasteiger charge is -2.55. The summed E-state index contributed by atoms with van der Waals surface area (Å²) in [5, 5.41) is 6.64. The highest BCUT2D eigenvalue weighted by Crippen LogP contribution is 2.54. The second kappa shape index (κ2) is 18.7. The standard InChI is InChI=1S/C51H78N3O6P/c1-37-22-16-19-25-40(37)34-55-52-46(4,5)28-43(29-47(52,6)7)58-61(59-44-30-48(8,9)53(49(10,11)31-44)56-35-41-26-20-17-23-38(41)2)60-45-32-50(12,13)54(51(14,15)33-45)57-36-42-27-21-18-24-39(42)3/h16-27,43-45H,28-36H2,1-15H3. The highest BCUT2D eigenvalue weighted by atomic mass is 31.2. The van der Waals surface area contributed by atoms with Gasteiger partial charge >= 0.3 is 8.60 Å². The maximum atomic E-state index is 7.21. The summed E-state index contributed by atoms with van der Waals surface area (Å²) < 4.78 is 21.6. The molecule has 0 amide bonds. The van der Waals surface area contributed by atoms with Gasteiger partial charge in [0.05, 0.1) is 38.1 Å². The van der Waals surface area contributed by atoms with Crippen LogP contribution in [0.25, 0.3) is 0 Å². The van der Waals surface area contributed by atoms with Gasteiger partial charge in [0, 0.05) is 33.2 Å². The van der Waals surface area contributed by atoms with Crippen molar-refractivity contribution < 1.29 is 28.1 Å². The van der Waals surface area contributed by atoms with Gasteiger partial charge in [-0.25, -0.2) is 0 Å². The number of nitrogens with zero attached hydrogens (tertiary/aromatic N) is 3. The number of benzene rings is 3. The molecule has 3 saturated heterocycles. The number of hydroxylamine groups is 6. The van der Waals surface area contributed by atoms with E-state index in [9.17, 15) is 0 Å². The molecule has 3 fully saturated rings. The molecule has 3 aliphatic rings. The van der Waals surface area contributed by atoms with Crippen molar-refractivity contribution in [3.63, 3.8) is 0 Å². The molecule has 0 N–H and O–H groups in total. The zero-order chi connectivity index (χ0) is 44.6. The third-order valence-electron chi connectivity index (χ3n) is 13.2. The second-order valence-electron chi connectivity index (χ2n) is 22.0. The molecule has 0 radical (unpaired) electrons. The first-order chi connectivity index (χ1) is 28.4. The minimum Gasteiger partial charge on any atom is -0.309 e. The number of piperidine rings is 3. The van der Waals surface area contributed by atoms with Crippen LogP contribution in [0.1, 0.15) is 155 Å².